The number of primary amides is 1. The van der Waals surface area contributed by atoms with Gasteiger partial charge in [0.2, 0.25) is 5.91 Å². The Morgan fingerprint density at radius 1 is 1.92 bits per heavy atom. The SMILES string of the molecule is C[n+]1noc([O-])c1SCC(N)=O. The van der Waals surface area contributed by atoms with Gasteiger partial charge in [-0.3, -0.25) is 4.79 Å². The molecule has 6 nitrogen and oxygen atoms in total. The number of nitrogens with zero attached hydrogens (tertiary/aromatic N) is 2. The lowest BCUT2D eigenvalue weighted by molar-refractivity contribution is -0.772. The molecule has 1 rings (SSSR count). The van der Waals surface area contributed by atoms with Crippen molar-refractivity contribution in [1.82, 2.24) is 5.27 Å². The van der Waals surface area contributed by atoms with Crippen LogP contribution in [0.2, 0.25) is 0 Å². The number of rotatable bonds is 3. The van der Waals surface area contributed by atoms with Gasteiger partial charge in [0.1, 0.15) is 0 Å². The third kappa shape index (κ3) is 1.88. The van der Waals surface area contributed by atoms with Gasteiger partial charge < -0.3 is 15.4 Å². The number of carbonyl (C=O) groups is 1. The van der Waals surface area contributed by atoms with Crippen LogP contribution in [0.1, 0.15) is 0 Å². The fraction of sp³-hybridized carbons (Fsp3) is 0.400. The summed E-state index contributed by atoms with van der Waals surface area (Å²) in [6.07, 6.45) is 0. The van der Waals surface area contributed by atoms with Crippen molar-refractivity contribution in [2.75, 3.05) is 5.75 Å². The quantitative estimate of drug-likeness (QED) is 0.444. The van der Waals surface area contributed by atoms with Crippen LogP contribution in [0.15, 0.2) is 9.55 Å². The molecule has 0 aromatic carbocycles. The molecule has 0 fully saturated rings. The highest BCUT2D eigenvalue weighted by molar-refractivity contribution is 7.99. The van der Waals surface area contributed by atoms with Gasteiger partial charge in [-0.15, -0.1) is 0 Å². The number of thioether (sulfide) groups is 1. The number of hydrogen-bond donors (Lipinski definition) is 1. The van der Waals surface area contributed by atoms with Crippen LogP contribution in [0.25, 0.3) is 0 Å². The summed E-state index contributed by atoms with van der Waals surface area (Å²) in [4.78, 5) is 10.4. The number of aryl methyl sites for hydroxylation is 1. The van der Waals surface area contributed by atoms with E-state index < -0.39 is 11.9 Å². The van der Waals surface area contributed by atoms with Crippen LogP contribution in [0.5, 0.6) is 5.95 Å². The molecule has 1 heterocycles. The number of amides is 1. The zero-order valence-corrected chi connectivity index (χ0v) is 7.13. The summed E-state index contributed by atoms with van der Waals surface area (Å²) in [7, 11) is 1.55. The second-order valence-corrected chi connectivity index (χ2v) is 3.01. The Labute approximate surface area is 72.3 Å². The zero-order chi connectivity index (χ0) is 9.14. The Kier molecular flexibility index (Phi) is 2.54. The van der Waals surface area contributed by atoms with Gasteiger partial charge in [-0.2, -0.15) is 0 Å². The summed E-state index contributed by atoms with van der Waals surface area (Å²) in [5.41, 5.74) is 4.89. The molecule has 7 heteroatoms. The van der Waals surface area contributed by atoms with Gasteiger partial charge in [-0.25, -0.2) is 0 Å². The molecule has 0 aliphatic heterocycles. The number of hydrogen-bond acceptors (Lipinski definition) is 5. The largest absolute Gasteiger partial charge is 0.538 e. The minimum atomic E-state index is -0.552. The molecule has 0 radical (unpaired) electrons. The van der Waals surface area contributed by atoms with E-state index in [0.717, 1.165) is 11.8 Å². The van der Waals surface area contributed by atoms with Crippen LogP contribution in [-0.2, 0) is 11.8 Å². The first-order valence-corrected chi connectivity index (χ1v) is 4.04. The molecule has 0 spiro atoms. The van der Waals surface area contributed by atoms with Crippen molar-refractivity contribution in [2.24, 2.45) is 12.8 Å². The fourth-order valence-corrected chi connectivity index (χ4v) is 1.25. The van der Waals surface area contributed by atoms with Crippen molar-refractivity contribution in [3.63, 3.8) is 0 Å². The van der Waals surface area contributed by atoms with E-state index in [2.05, 4.69) is 9.79 Å². The highest BCUT2D eigenvalue weighted by Crippen LogP contribution is 2.20. The third-order valence-corrected chi connectivity index (χ3v) is 2.20. The van der Waals surface area contributed by atoms with E-state index in [1.807, 2.05) is 0 Å². The summed E-state index contributed by atoms with van der Waals surface area (Å²) in [6.45, 7) is 0. The van der Waals surface area contributed by atoms with Crippen molar-refractivity contribution in [2.45, 2.75) is 5.03 Å². The Morgan fingerprint density at radius 2 is 2.58 bits per heavy atom. The predicted molar refractivity (Wildman–Crippen MR) is 37.0 cm³/mol. The van der Waals surface area contributed by atoms with E-state index in [9.17, 15) is 9.90 Å². The minimum absolute atomic E-state index is 0.0459. The van der Waals surface area contributed by atoms with E-state index in [-0.39, 0.29) is 10.8 Å². The number of aromatic nitrogens is 2. The van der Waals surface area contributed by atoms with Gasteiger partial charge in [0, 0.05) is 0 Å². The van der Waals surface area contributed by atoms with E-state index in [1.165, 1.54) is 4.68 Å². The molecule has 0 saturated carbocycles. The summed E-state index contributed by atoms with van der Waals surface area (Å²) < 4.78 is 5.57. The molecule has 1 aromatic heterocycles. The summed E-state index contributed by atoms with van der Waals surface area (Å²) >= 11 is 1.01. The molecule has 66 valence electrons. The summed E-state index contributed by atoms with van der Waals surface area (Å²) in [5, 5.41) is 14.5. The fourth-order valence-electron chi connectivity index (χ4n) is 0.598. The van der Waals surface area contributed by atoms with Crippen LogP contribution in [0, 0.1) is 0 Å². The molecule has 0 aliphatic carbocycles. The lowest BCUT2D eigenvalue weighted by atomic mass is 10.8. The maximum absolute atomic E-state index is 10.8. The standard InChI is InChI=1S/C5H7N3O3S/c1-8-4(5(10)11-7-8)12-2-3(6)9/h2H2,1H3,(H2-,6,7,9,10). The molecule has 2 N–H and O–H groups in total. The molecule has 0 unspecified atom stereocenters. The predicted octanol–water partition coefficient (Wildman–Crippen LogP) is -1.85. The van der Waals surface area contributed by atoms with Gasteiger partial charge in [0.05, 0.1) is 11.0 Å². The second-order valence-electron chi connectivity index (χ2n) is 2.04. The van der Waals surface area contributed by atoms with Gasteiger partial charge in [-0.1, -0.05) is 4.68 Å². The van der Waals surface area contributed by atoms with Gasteiger partial charge in [0.15, 0.2) is 13.0 Å². The highest BCUT2D eigenvalue weighted by Gasteiger charge is 2.14. The summed E-state index contributed by atoms with van der Waals surface area (Å²) in [6, 6.07) is 0. The van der Waals surface area contributed by atoms with E-state index in [4.69, 9.17) is 5.73 Å². The Balaban J connectivity index is 2.68. The molecular formula is C5H7N3O3S. The van der Waals surface area contributed by atoms with Crippen LogP contribution in [0.4, 0.5) is 0 Å². The second kappa shape index (κ2) is 3.44. The van der Waals surface area contributed by atoms with Crippen LogP contribution >= 0.6 is 11.8 Å². The highest BCUT2D eigenvalue weighted by atomic mass is 32.2. The molecule has 0 atom stereocenters. The lowest BCUT2D eigenvalue weighted by Crippen LogP contribution is -2.32. The van der Waals surface area contributed by atoms with Crippen LogP contribution < -0.4 is 15.5 Å². The van der Waals surface area contributed by atoms with E-state index in [0.29, 0.717) is 0 Å². The number of nitrogens with two attached hydrogens (primary N) is 1. The van der Waals surface area contributed by atoms with Crippen molar-refractivity contribution in [3.8, 4) is 5.95 Å². The van der Waals surface area contributed by atoms with Crippen LogP contribution in [0.3, 0.4) is 0 Å². The zero-order valence-electron chi connectivity index (χ0n) is 6.31. The summed E-state index contributed by atoms with van der Waals surface area (Å²) in [5.74, 6) is -0.992. The molecule has 1 amide bonds. The van der Waals surface area contributed by atoms with E-state index in [1.54, 1.807) is 7.05 Å². The van der Waals surface area contributed by atoms with Gasteiger partial charge in [-0.05, 0) is 11.8 Å². The van der Waals surface area contributed by atoms with Crippen molar-refractivity contribution < 1.29 is 19.1 Å². The van der Waals surface area contributed by atoms with E-state index >= 15 is 0 Å². The first kappa shape index (κ1) is 8.85. The van der Waals surface area contributed by atoms with Crippen molar-refractivity contribution in [1.29, 1.82) is 0 Å². The average Bonchev–Trinajstić information content (AvgIpc) is 2.28. The van der Waals surface area contributed by atoms with Crippen molar-refractivity contribution in [3.05, 3.63) is 0 Å². The monoisotopic (exact) mass is 189 g/mol. The molecular weight excluding hydrogens is 182 g/mol. The van der Waals surface area contributed by atoms with Crippen molar-refractivity contribution >= 4 is 17.7 Å². The molecule has 0 bridgehead atoms. The normalized spacial score (nSPS) is 10.1. The molecule has 12 heavy (non-hydrogen) atoms. The maximum Gasteiger partial charge on any atom is 0.291 e. The Bertz CT molecular complexity index is 279. The Hall–Kier alpha value is -1.24. The van der Waals surface area contributed by atoms with Gasteiger partial charge >= 0.3 is 0 Å². The molecule has 0 aliphatic rings. The molecule has 1 aromatic rings. The van der Waals surface area contributed by atoms with Gasteiger partial charge in [0.25, 0.3) is 5.03 Å². The molecule has 0 saturated heterocycles. The topological polar surface area (TPSA) is 96.1 Å². The first-order chi connectivity index (χ1) is 5.61. The minimum Gasteiger partial charge on any atom is -0.538 e. The Morgan fingerprint density at radius 3 is 3.00 bits per heavy atom. The maximum atomic E-state index is 10.8. The average molecular weight is 189 g/mol. The first-order valence-electron chi connectivity index (χ1n) is 3.05. The third-order valence-electron chi connectivity index (χ3n) is 1.07. The lowest BCUT2D eigenvalue weighted by Gasteiger charge is -1.92. The smallest absolute Gasteiger partial charge is 0.291 e. The van der Waals surface area contributed by atoms with Crippen LogP contribution in [-0.4, -0.2) is 16.9 Å². The number of carbonyl (C=O) groups excluding carboxylic acids is 1.